The second-order valence-electron chi connectivity index (χ2n) is 4.57. The number of aromatic nitrogens is 4. The van der Waals surface area contributed by atoms with Gasteiger partial charge < -0.3 is 5.11 Å². The Balaban J connectivity index is 2.31. The molecule has 3 N–H and O–H groups in total. The van der Waals surface area contributed by atoms with E-state index in [4.69, 9.17) is 5.11 Å². The molecule has 0 aliphatic heterocycles. The highest BCUT2D eigenvalue weighted by Gasteiger charge is 2.27. The number of rotatable bonds is 5. The zero-order valence-corrected chi connectivity index (χ0v) is 12.5. The Kier molecular flexibility index (Phi) is 3.83. The fourth-order valence-electron chi connectivity index (χ4n) is 1.93. The Morgan fingerprint density at radius 2 is 2.14 bits per heavy atom. The highest BCUT2D eigenvalue weighted by atomic mass is 32.2. The van der Waals surface area contributed by atoms with E-state index in [1.54, 1.807) is 24.9 Å². The Labute approximate surface area is 121 Å². The maximum atomic E-state index is 12.2. The molecule has 114 valence electrons. The maximum absolute atomic E-state index is 12.2. The highest BCUT2D eigenvalue weighted by Crippen LogP contribution is 2.20. The van der Waals surface area contributed by atoms with Gasteiger partial charge in [0.1, 0.15) is 5.56 Å². The maximum Gasteiger partial charge on any atom is 0.340 e. The summed E-state index contributed by atoms with van der Waals surface area (Å²) in [5, 5.41) is 18.2. The Morgan fingerprint density at radius 1 is 1.48 bits per heavy atom. The van der Waals surface area contributed by atoms with E-state index < -0.39 is 32.6 Å². The van der Waals surface area contributed by atoms with E-state index in [1.165, 1.54) is 0 Å². The first-order valence-electron chi connectivity index (χ1n) is 6.01. The van der Waals surface area contributed by atoms with E-state index >= 15 is 0 Å². The molecule has 21 heavy (non-hydrogen) atoms. The average molecular weight is 313 g/mol. The molecule has 1 atom stereocenters. The number of nitrogens with zero attached hydrogens (tertiary/aromatic N) is 3. The van der Waals surface area contributed by atoms with Crippen molar-refractivity contribution in [3.63, 3.8) is 0 Å². The molecule has 0 amide bonds. The van der Waals surface area contributed by atoms with Crippen LogP contribution in [0.25, 0.3) is 0 Å². The number of aromatic carboxylic acids is 1. The SMILES string of the molecule is Cc1c(C(C)NS(=O)(=O)c2[nH]ncc2C(=O)O)cnn1C. The number of H-pyrrole nitrogens is 1. The Morgan fingerprint density at radius 3 is 2.67 bits per heavy atom. The molecule has 0 saturated heterocycles. The van der Waals surface area contributed by atoms with Crippen molar-refractivity contribution in [2.45, 2.75) is 24.9 Å². The van der Waals surface area contributed by atoms with Crippen molar-refractivity contribution >= 4 is 16.0 Å². The monoisotopic (exact) mass is 313 g/mol. The first-order valence-corrected chi connectivity index (χ1v) is 7.50. The predicted molar refractivity (Wildman–Crippen MR) is 72.2 cm³/mol. The minimum absolute atomic E-state index is 0.405. The normalized spacial score (nSPS) is 13.3. The molecular formula is C11H15N5O4S. The van der Waals surface area contributed by atoms with Gasteiger partial charge in [-0.1, -0.05) is 0 Å². The van der Waals surface area contributed by atoms with Crippen LogP contribution in [0, 0.1) is 6.92 Å². The number of carboxylic acid groups (broad SMARTS) is 1. The topological polar surface area (TPSA) is 130 Å². The second-order valence-corrected chi connectivity index (χ2v) is 6.22. The third-order valence-electron chi connectivity index (χ3n) is 3.18. The molecule has 9 nitrogen and oxygen atoms in total. The van der Waals surface area contributed by atoms with E-state index in [-0.39, 0.29) is 0 Å². The summed E-state index contributed by atoms with van der Waals surface area (Å²) >= 11 is 0. The minimum Gasteiger partial charge on any atom is -0.478 e. The molecule has 0 bridgehead atoms. The van der Waals surface area contributed by atoms with Crippen LogP contribution < -0.4 is 4.72 Å². The molecule has 2 aromatic rings. The highest BCUT2D eigenvalue weighted by molar-refractivity contribution is 7.89. The third-order valence-corrected chi connectivity index (χ3v) is 4.69. The molecular weight excluding hydrogens is 298 g/mol. The van der Waals surface area contributed by atoms with Crippen LogP contribution in [0.15, 0.2) is 17.4 Å². The van der Waals surface area contributed by atoms with E-state index in [9.17, 15) is 13.2 Å². The summed E-state index contributed by atoms with van der Waals surface area (Å²) in [6, 6.07) is -0.561. The zero-order valence-electron chi connectivity index (χ0n) is 11.7. The lowest BCUT2D eigenvalue weighted by atomic mass is 10.1. The van der Waals surface area contributed by atoms with Gasteiger partial charge in [-0.25, -0.2) is 17.9 Å². The van der Waals surface area contributed by atoms with Gasteiger partial charge in [-0.3, -0.25) is 9.78 Å². The van der Waals surface area contributed by atoms with Crippen molar-refractivity contribution in [3.05, 3.63) is 29.2 Å². The van der Waals surface area contributed by atoms with Crippen LogP contribution in [0.4, 0.5) is 0 Å². The van der Waals surface area contributed by atoms with Gasteiger partial charge in [0.05, 0.1) is 12.4 Å². The molecule has 0 aliphatic rings. The van der Waals surface area contributed by atoms with Crippen molar-refractivity contribution in [1.29, 1.82) is 0 Å². The Hall–Kier alpha value is -2.20. The summed E-state index contributed by atoms with van der Waals surface area (Å²) in [6.45, 7) is 3.46. The quantitative estimate of drug-likeness (QED) is 0.722. The summed E-state index contributed by atoms with van der Waals surface area (Å²) in [4.78, 5) is 11.0. The van der Waals surface area contributed by atoms with Crippen molar-refractivity contribution in [3.8, 4) is 0 Å². The molecule has 0 saturated carbocycles. The number of carbonyl (C=O) groups is 1. The molecule has 0 aliphatic carbocycles. The predicted octanol–water partition coefficient (Wildman–Crippen LogP) is 0.189. The first-order chi connectivity index (χ1) is 9.74. The van der Waals surface area contributed by atoms with Gasteiger partial charge in [0.15, 0.2) is 5.03 Å². The molecule has 2 heterocycles. The molecule has 10 heteroatoms. The number of aromatic amines is 1. The fraction of sp³-hybridized carbons (Fsp3) is 0.364. The molecule has 0 spiro atoms. The number of aryl methyl sites for hydroxylation is 1. The van der Waals surface area contributed by atoms with Crippen molar-refractivity contribution in [2.75, 3.05) is 0 Å². The number of hydrogen-bond donors (Lipinski definition) is 3. The molecule has 2 aromatic heterocycles. The Bertz CT molecular complexity index is 776. The summed E-state index contributed by atoms with van der Waals surface area (Å²) in [6.07, 6.45) is 2.52. The largest absolute Gasteiger partial charge is 0.478 e. The third kappa shape index (κ3) is 2.81. The van der Waals surface area contributed by atoms with Gasteiger partial charge in [-0.05, 0) is 13.8 Å². The van der Waals surface area contributed by atoms with E-state index in [0.717, 1.165) is 11.9 Å². The summed E-state index contributed by atoms with van der Waals surface area (Å²) < 4.78 is 28.5. The van der Waals surface area contributed by atoms with Gasteiger partial charge in [-0.15, -0.1) is 0 Å². The van der Waals surface area contributed by atoms with Crippen molar-refractivity contribution < 1.29 is 18.3 Å². The van der Waals surface area contributed by atoms with Gasteiger partial charge in [-0.2, -0.15) is 10.2 Å². The van der Waals surface area contributed by atoms with E-state index in [0.29, 0.717) is 5.56 Å². The summed E-state index contributed by atoms with van der Waals surface area (Å²) in [7, 11) is -2.29. The molecule has 2 rings (SSSR count). The standard InChI is InChI=1S/C11H15N5O4S/c1-6(8-5-13-16(3)7(8)2)15-21(19,20)10-9(11(17)18)4-12-14-10/h4-6,15H,1-3H3,(H,12,14)(H,17,18). The van der Waals surface area contributed by atoms with Gasteiger partial charge >= 0.3 is 5.97 Å². The van der Waals surface area contributed by atoms with Crippen LogP contribution in [-0.2, 0) is 17.1 Å². The van der Waals surface area contributed by atoms with Crippen LogP contribution in [0.3, 0.4) is 0 Å². The molecule has 0 fully saturated rings. The van der Waals surface area contributed by atoms with Crippen molar-refractivity contribution in [2.24, 2.45) is 7.05 Å². The fourth-order valence-corrected chi connectivity index (χ4v) is 3.24. The number of sulfonamides is 1. The smallest absolute Gasteiger partial charge is 0.340 e. The van der Waals surface area contributed by atoms with Gasteiger partial charge in [0.25, 0.3) is 10.0 Å². The number of carboxylic acids is 1. The molecule has 1 unspecified atom stereocenters. The van der Waals surface area contributed by atoms with Crippen LogP contribution in [0.2, 0.25) is 0 Å². The summed E-state index contributed by atoms with van der Waals surface area (Å²) in [5.41, 5.74) is 1.11. The molecule has 0 aromatic carbocycles. The second kappa shape index (κ2) is 5.30. The summed E-state index contributed by atoms with van der Waals surface area (Å²) in [5.74, 6) is -1.37. The molecule has 0 radical (unpaired) electrons. The number of nitrogens with one attached hydrogen (secondary N) is 2. The lowest BCUT2D eigenvalue weighted by molar-refractivity contribution is 0.0692. The minimum atomic E-state index is -4.03. The van der Waals surface area contributed by atoms with Gasteiger partial charge in [0, 0.05) is 24.3 Å². The van der Waals surface area contributed by atoms with Crippen LogP contribution in [0.5, 0.6) is 0 Å². The van der Waals surface area contributed by atoms with Crippen LogP contribution in [-0.4, -0.2) is 39.5 Å². The average Bonchev–Trinajstić information content (AvgIpc) is 2.98. The zero-order chi connectivity index (χ0) is 15.8. The first kappa shape index (κ1) is 15.2. The number of hydrogen-bond acceptors (Lipinski definition) is 5. The van der Waals surface area contributed by atoms with Crippen LogP contribution >= 0.6 is 0 Å². The lowest BCUT2D eigenvalue weighted by Crippen LogP contribution is -2.28. The van der Waals surface area contributed by atoms with Gasteiger partial charge in [0.2, 0.25) is 0 Å². The van der Waals surface area contributed by atoms with Crippen LogP contribution in [0.1, 0.15) is 34.6 Å². The lowest BCUT2D eigenvalue weighted by Gasteiger charge is -2.13. The van der Waals surface area contributed by atoms with E-state index in [1.807, 2.05) is 6.92 Å². The van der Waals surface area contributed by atoms with E-state index in [2.05, 4.69) is 20.0 Å². The van der Waals surface area contributed by atoms with Crippen molar-refractivity contribution in [1.82, 2.24) is 24.7 Å².